The molecule has 8 nitrogen and oxygen atoms in total. The lowest BCUT2D eigenvalue weighted by Gasteiger charge is -2.21. The molecule has 1 amide bonds. The molecular formula is C23H23N5O3S. The van der Waals surface area contributed by atoms with Gasteiger partial charge in [-0.2, -0.15) is 9.78 Å². The first kappa shape index (κ1) is 21.8. The molecule has 1 aromatic carbocycles. The Morgan fingerprint density at radius 2 is 2.03 bits per heavy atom. The summed E-state index contributed by atoms with van der Waals surface area (Å²) in [5.41, 5.74) is 2.44. The van der Waals surface area contributed by atoms with Gasteiger partial charge in [-0.3, -0.25) is 4.79 Å². The van der Waals surface area contributed by atoms with Crippen molar-refractivity contribution in [3.05, 3.63) is 83.1 Å². The van der Waals surface area contributed by atoms with Crippen LogP contribution in [0.2, 0.25) is 0 Å². The molecule has 0 saturated heterocycles. The highest BCUT2D eigenvalue weighted by atomic mass is 32.1. The van der Waals surface area contributed by atoms with Crippen LogP contribution < -0.4 is 0 Å². The van der Waals surface area contributed by atoms with E-state index in [1.807, 2.05) is 53.9 Å². The van der Waals surface area contributed by atoms with E-state index < -0.39 is 6.10 Å². The van der Waals surface area contributed by atoms with E-state index in [1.165, 1.54) is 15.8 Å². The minimum absolute atomic E-state index is 0.144. The summed E-state index contributed by atoms with van der Waals surface area (Å²) < 4.78 is 6.86. The van der Waals surface area contributed by atoms with Gasteiger partial charge in [0.1, 0.15) is 0 Å². The maximum atomic E-state index is 13.2. The number of carbonyl (C=O) groups excluding carboxylic acids is 1. The molecule has 0 spiro atoms. The second-order valence-corrected chi connectivity index (χ2v) is 8.13. The molecule has 3 heterocycles. The highest BCUT2D eigenvalue weighted by molar-refractivity contribution is 7.13. The van der Waals surface area contributed by atoms with Gasteiger partial charge in [0.2, 0.25) is 0 Å². The summed E-state index contributed by atoms with van der Waals surface area (Å²) in [4.78, 5) is 24.6. The van der Waals surface area contributed by atoms with E-state index in [1.54, 1.807) is 31.7 Å². The zero-order valence-electron chi connectivity index (χ0n) is 17.8. The summed E-state index contributed by atoms with van der Waals surface area (Å²) in [5, 5.41) is 16.9. The number of rotatable bonds is 8. The van der Waals surface area contributed by atoms with Crippen molar-refractivity contribution in [1.29, 1.82) is 0 Å². The SMILES string of the molecule is COCc1c(C(=O)N(C)C[C@@H](O)c2ccccc2)cnn1-c1nccc(-c2cccs2)n1. The van der Waals surface area contributed by atoms with Crippen LogP contribution in [-0.4, -0.2) is 56.4 Å². The molecule has 0 fully saturated rings. The predicted octanol–water partition coefficient (Wildman–Crippen LogP) is 3.34. The van der Waals surface area contributed by atoms with Crippen LogP contribution in [0, 0.1) is 0 Å². The Hall–Kier alpha value is -3.40. The molecule has 0 aliphatic rings. The third-order valence-electron chi connectivity index (χ3n) is 4.96. The van der Waals surface area contributed by atoms with E-state index in [0.717, 1.165) is 16.1 Å². The number of hydrogen-bond acceptors (Lipinski definition) is 7. The molecule has 1 N–H and O–H groups in total. The average molecular weight is 450 g/mol. The molecule has 0 saturated carbocycles. The van der Waals surface area contributed by atoms with Crippen LogP contribution in [0.3, 0.4) is 0 Å². The van der Waals surface area contributed by atoms with Crippen LogP contribution in [0.15, 0.2) is 66.3 Å². The van der Waals surface area contributed by atoms with Crippen molar-refractivity contribution in [2.24, 2.45) is 0 Å². The lowest BCUT2D eigenvalue weighted by molar-refractivity contribution is 0.0676. The van der Waals surface area contributed by atoms with Crippen molar-refractivity contribution in [2.75, 3.05) is 20.7 Å². The second-order valence-electron chi connectivity index (χ2n) is 7.18. The first-order chi connectivity index (χ1) is 15.6. The third-order valence-corrected chi connectivity index (χ3v) is 5.86. The maximum Gasteiger partial charge on any atom is 0.257 e. The van der Waals surface area contributed by atoms with Gasteiger partial charge in [0, 0.05) is 20.4 Å². The van der Waals surface area contributed by atoms with E-state index in [4.69, 9.17) is 4.74 Å². The van der Waals surface area contributed by atoms with E-state index in [2.05, 4.69) is 15.1 Å². The molecular weight excluding hydrogens is 426 g/mol. The Labute approximate surface area is 189 Å². The smallest absolute Gasteiger partial charge is 0.257 e. The van der Waals surface area contributed by atoms with E-state index in [-0.39, 0.29) is 19.1 Å². The quantitative estimate of drug-likeness (QED) is 0.443. The first-order valence-corrected chi connectivity index (χ1v) is 10.9. The fourth-order valence-electron chi connectivity index (χ4n) is 3.34. The van der Waals surface area contributed by atoms with Gasteiger partial charge >= 0.3 is 0 Å². The van der Waals surface area contributed by atoms with Crippen LogP contribution in [-0.2, 0) is 11.3 Å². The molecule has 0 unspecified atom stereocenters. The number of benzene rings is 1. The molecule has 4 rings (SSSR count). The number of amides is 1. The number of ether oxygens (including phenoxy) is 1. The summed E-state index contributed by atoms with van der Waals surface area (Å²) in [6.07, 6.45) is 2.36. The fraction of sp³-hybridized carbons (Fsp3) is 0.217. The highest BCUT2D eigenvalue weighted by Crippen LogP contribution is 2.24. The Morgan fingerprint density at radius 3 is 2.75 bits per heavy atom. The number of carbonyl (C=O) groups is 1. The van der Waals surface area contributed by atoms with Crippen molar-refractivity contribution >= 4 is 17.2 Å². The van der Waals surface area contributed by atoms with Gasteiger partial charge in [-0.25, -0.2) is 9.97 Å². The molecule has 0 aliphatic heterocycles. The van der Waals surface area contributed by atoms with Gasteiger partial charge in [0.25, 0.3) is 11.9 Å². The molecule has 0 aliphatic carbocycles. The fourth-order valence-corrected chi connectivity index (χ4v) is 4.04. The summed E-state index contributed by atoms with van der Waals surface area (Å²) in [6, 6.07) is 15.0. The Balaban J connectivity index is 1.60. The van der Waals surface area contributed by atoms with Crippen LogP contribution >= 0.6 is 11.3 Å². The molecule has 32 heavy (non-hydrogen) atoms. The largest absolute Gasteiger partial charge is 0.387 e. The topological polar surface area (TPSA) is 93.4 Å². The number of aliphatic hydroxyl groups excluding tert-OH is 1. The van der Waals surface area contributed by atoms with Crippen molar-refractivity contribution in [1.82, 2.24) is 24.6 Å². The van der Waals surface area contributed by atoms with E-state index in [0.29, 0.717) is 17.2 Å². The monoisotopic (exact) mass is 449 g/mol. The van der Waals surface area contributed by atoms with Gasteiger partial charge in [-0.1, -0.05) is 36.4 Å². The van der Waals surface area contributed by atoms with Gasteiger partial charge in [0.05, 0.1) is 47.3 Å². The van der Waals surface area contributed by atoms with E-state index in [9.17, 15) is 9.90 Å². The predicted molar refractivity (Wildman–Crippen MR) is 122 cm³/mol. The van der Waals surface area contributed by atoms with Gasteiger partial charge in [0.15, 0.2) is 0 Å². The number of aliphatic hydroxyl groups is 1. The number of nitrogens with zero attached hydrogens (tertiary/aromatic N) is 5. The van der Waals surface area contributed by atoms with Gasteiger partial charge in [-0.15, -0.1) is 11.3 Å². The van der Waals surface area contributed by atoms with Crippen LogP contribution in [0.5, 0.6) is 0 Å². The van der Waals surface area contributed by atoms with Gasteiger partial charge < -0.3 is 14.7 Å². The normalized spacial score (nSPS) is 12.0. The Kier molecular flexibility index (Phi) is 6.69. The highest BCUT2D eigenvalue weighted by Gasteiger charge is 2.24. The molecule has 3 aromatic heterocycles. The summed E-state index contributed by atoms with van der Waals surface area (Å²) >= 11 is 1.58. The van der Waals surface area contributed by atoms with Crippen molar-refractivity contribution in [2.45, 2.75) is 12.7 Å². The zero-order valence-corrected chi connectivity index (χ0v) is 18.6. The summed E-state index contributed by atoms with van der Waals surface area (Å²) in [5.74, 6) is 0.0849. The molecule has 0 bridgehead atoms. The van der Waals surface area contributed by atoms with Crippen molar-refractivity contribution in [3.8, 4) is 16.5 Å². The minimum atomic E-state index is -0.795. The number of methoxy groups -OCH3 is 1. The molecule has 9 heteroatoms. The number of hydrogen-bond donors (Lipinski definition) is 1. The first-order valence-electron chi connectivity index (χ1n) is 10.00. The van der Waals surface area contributed by atoms with E-state index >= 15 is 0 Å². The number of thiophene rings is 1. The van der Waals surface area contributed by atoms with Crippen molar-refractivity contribution < 1.29 is 14.6 Å². The number of likely N-dealkylation sites (N-methyl/N-ethyl adjacent to an activating group) is 1. The summed E-state index contributed by atoms with van der Waals surface area (Å²) in [7, 11) is 3.20. The van der Waals surface area contributed by atoms with Crippen LogP contribution in [0.25, 0.3) is 16.5 Å². The molecule has 4 aromatic rings. The maximum absolute atomic E-state index is 13.2. The van der Waals surface area contributed by atoms with Crippen molar-refractivity contribution in [3.63, 3.8) is 0 Å². The van der Waals surface area contributed by atoms with Crippen LogP contribution in [0.4, 0.5) is 0 Å². The van der Waals surface area contributed by atoms with Crippen LogP contribution in [0.1, 0.15) is 27.7 Å². The zero-order chi connectivity index (χ0) is 22.5. The Bertz CT molecular complexity index is 1180. The summed E-state index contributed by atoms with van der Waals surface area (Å²) in [6.45, 7) is 0.299. The third kappa shape index (κ3) is 4.59. The molecule has 1 atom stereocenters. The average Bonchev–Trinajstić information content (AvgIpc) is 3.50. The lowest BCUT2D eigenvalue weighted by atomic mass is 10.1. The minimum Gasteiger partial charge on any atom is -0.387 e. The Morgan fingerprint density at radius 1 is 1.22 bits per heavy atom. The van der Waals surface area contributed by atoms with Gasteiger partial charge in [-0.05, 0) is 23.1 Å². The molecule has 0 radical (unpaired) electrons. The standard InChI is InChI=1S/C23H23N5O3S/c1-27(14-20(29)16-7-4-3-5-8-16)22(30)17-13-25-28(19(17)15-31-2)23-24-11-10-18(26-23)21-9-6-12-32-21/h3-13,20,29H,14-15H2,1-2H3/t20-/m1/s1. The molecule has 164 valence electrons. The second kappa shape index (κ2) is 9.82. The lowest BCUT2D eigenvalue weighted by Crippen LogP contribution is -2.31. The number of aromatic nitrogens is 4.